The Bertz CT molecular complexity index is 596. The molecule has 1 aromatic carbocycles. The molecule has 0 saturated carbocycles. The van der Waals surface area contributed by atoms with Crippen LogP contribution in [0, 0.1) is 0 Å². The van der Waals surface area contributed by atoms with E-state index in [1.54, 1.807) is 6.07 Å². The minimum atomic E-state index is -0.320. The summed E-state index contributed by atoms with van der Waals surface area (Å²) in [4.78, 5) is 15.2. The first-order chi connectivity index (χ1) is 6.84. The van der Waals surface area contributed by atoms with E-state index in [9.17, 15) is 4.79 Å². The fourth-order valence-electron chi connectivity index (χ4n) is 1.73. The Morgan fingerprint density at radius 2 is 2.14 bits per heavy atom. The van der Waals surface area contributed by atoms with Gasteiger partial charge in [-0.15, -0.1) is 0 Å². The maximum atomic E-state index is 11.0. The first-order valence-electron chi connectivity index (χ1n) is 4.43. The third kappa shape index (κ3) is 0.923. The lowest BCUT2D eigenvalue weighted by Gasteiger charge is -2.00. The van der Waals surface area contributed by atoms with E-state index in [2.05, 4.69) is 4.99 Å². The maximum Gasteiger partial charge on any atom is 0.336 e. The van der Waals surface area contributed by atoms with Gasteiger partial charge in [0.2, 0.25) is 0 Å². The number of rotatable bonds is 0. The third-order valence-corrected chi connectivity index (χ3v) is 2.39. The first-order valence-corrected chi connectivity index (χ1v) is 4.43. The highest BCUT2D eigenvalue weighted by atomic mass is 16.4. The largest absolute Gasteiger partial charge is 0.423 e. The summed E-state index contributed by atoms with van der Waals surface area (Å²) in [6.45, 7) is 0. The quantitative estimate of drug-likeness (QED) is 0.589. The average molecular weight is 185 g/mol. The highest BCUT2D eigenvalue weighted by molar-refractivity contribution is 5.95. The van der Waals surface area contributed by atoms with Crippen LogP contribution >= 0.6 is 0 Å². The van der Waals surface area contributed by atoms with Crippen molar-refractivity contribution in [2.24, 2.45) is 4.99 Å². The number of aliphatic imine (C=N–C) groups is 1. The molecule has 1 aromatic heterocycles. The molecule has 0 N–H and O–H groups in total. The van der Waals surface area contributed by atoms with Gasteiger partial charge in [-0.25, -0.2) is 4.79 Å². The van der Waals surface area contributed by atoms with Gasteiger partial charge in [0.15, 0.2) is 0 Å². The minimum Gasteiger partial charge on any atom is -0.423 e. The predicted molar refractivity (Wildman–Crippen MR) is 54.3 cm³/mol. The molecule has 0 atom stereocenters. The molecule has 3 heteroatoms. The van der Waals surface area contributed by atoms with Gasteiger partial charge in [-0.2, -0.15) is 0 Å². The van der Waals surface area contributed by atoms with Gasteiger partial charge < -0.3 is 4.42 Å². The normalized spacial score (nSPS) is 13.4. The molecule has 0 radical (unpaired) electrons. The Labute approximate surface area is 79.7 Å². The van der Waals surface area contributed by atoms with Gasteiger partial charge in [0.25, 0.3) is 0 Å². The molecule has 3 nitrogen and oxygen atoms in total. The molecule has 0 bridgehead atoms. The van der Waals surface area contributed by atoms with Crippen LogP contribution in [0.15, 0.2) is 38.5 Å². The van der Waals surface area contributed by atoms with Crippen LogP contribution in [0.1, 0.15) is 5.56 Å². The Hall–Kier alpha value is -1.90. The monoisotopic (exact) mass is 185 g/mol. The van der Waals surface area contributed by atoms with Gasteiger partial charge >= 0.3 is 5.63 Å². The van der Waals surface area contributed by atoms with E-state index < -0.39 is 0 Å². The van der Waals surface area contributed by atoms with E-state index in [0.29, 0.717) is 5.58 Å². The molecule has 1 aliphatic heterocycles. The topological polar surface area (TPSA) is 42.6 Å². The highest BCUT2D eigenvalue weighted by Crippen LogP contribution is 2.32. The second kappa shape index (κ2) is 2.54. The van der Waals surface area contributed by atoms with Crippen molar-refractivity contribution >= 4 is 22.9 Å². The van der Waals surface area contributed by atoms with Crippen LogP contribution in [0.3, 0.4) is 0 Å². The maximum absolute atomic E-state index is 11.0. The molecule has 0 spiro atoms. The smallest absolute Gasteiger partial charge is 0.336 e. The molecule has 0 fully saturated rings. The number of hydrogen-bond acceptors (Lipinski definition) is 3. The first kappa shape index (κ1) is 7.50. The summed E-state index contributed by atoms with van der Waals surface area (Å²) in [7, 11) is 0. The standard InChI is InChI=1S/C11H7NO2/c13-10-4-2-8-9(14-10)3-1-7-5-6-12-11(7)8/h1-4,6H,5H2. The summed E-state index contributed by atoms with van der Waals surface area (Å²) in [5, 5.41) is 0.913. The summed E-state index contributed by atoms with van der Waals surface area (Å²) in [5.41, 5.74) is 2.41. The molecule has 0 aliphatic carbocycles. The molecule has 68 valence electrons. The van der Waals surface area contributed by atoms with Gasteiger partial charge in [0, 0.05) is 24.1 Å². The van der Waals surface area contributed by atoms with Gasteiger partial charge in [-0.05, 0) is 17.7 Å². The summed E-state index contributed by atoms with van der Waals surface area (Å²) in [5.74, 6) is 0. The Kier molecular flexibility index (Phi) is 1.36. The molecule has 1 aliphatic rings. The minimum absolute atomic E-state index is 0.320. The molecule has 0 saturated heterocycles. The van der Waals surface area contributed by atoms with Crippen LogP contribution in [0.4, 0.5) is 5.69 Å². The van der Waals surface area contributed by atoms with Crippen LogP contribution in [-0.4, -0.2) is 6.21 Å². The van der Waals surface area contributed by atoms with Gasteiger partial charge in [-0.3, -0.25) is 4.99 Å². The van der Waals surface area contributed by atoms with Crippen molar-refractivity contribution in [2.45, 2.75) is 6.42 Å². The van der Waals surface area contributed by atoms with E-state index in [1.807, 2.05) is 18.3 Å². The van der Waals surface area contributed by atoms with Crippen molar-refractivity contribution in [1.29, 1.82) is 0 Å². The van der Waals surface area contributed by atoms with Crippen molar-refractivity contribution in [2.75, 3.05) is 0 Å². The Morgan fingerprint density at radius 3 is 3.07 bits per heavy atom. The fourth-order valence-corrected chi connectivity index (χ4v) is 1.73. The molecule has 14 heavy (non-hydrogen) atoms. The van der Waals surface area contributed by atoms with Crippen LogP contribution < -0.4 is 5.63 Å². The van der Waals surface area contributed by atoms with Crippen molar-refractivity contribution in [1.82, 2.24) is 0 Å². The number of nitrogens with zero attached hydrogens (tertiary/aromatic N) is 1. The van der Waals surface area contributed by atoms with Crippen molar-refractivity contribution in [3.8, 4) is 0 Å². The van der Waals surface area contributed by atoms with Crippen LogP contribution in [0.2, 0.25) is 0 Å². The molecular weight excluding hydrogens is 178 g/mol. The van der Waals surface area contributed by atoms with E-state index in [0.717, 1.165) is 17.5 Å². The lowest BCUT2D eigenvalue weighted by atomic mass is 10.1. The average Bonchev–Trinajstić information content (AvgIpc) is 2.65. The molecule has 2 heterocycles. The van der Waals surface area contributed by atoms with Crippen molar-refractivity contribution in [3.05, 3.63) is 40.2 Å². The third-order valence-electron chi connectivity index (χ3n) is 2.39. The molecule has 2 aromatic rings. The summed E-state index contributed by atoms with van der Waals surface area (Å²) in [6.07, 6.45) is 2.74. The Morgan fingerprint density at radius 1 is 1.21 bits per heavy atom. The summed E-state index contributed by atoms with van der Waals surface area (Å²) in [6, 6.07) is 6.97. The lowest BCUT2D eigenvalue weighted by molar-refractivity contribution is 0.561. The summed E-state index contributed by atoms with van der Waals surface area (Å²) >= 11 is 0. The molecule has 3 rings (SSSR count). The number of benzene rings is 1. The fraction of sp³-hybridized carbons (Fsp3) is 0.0909. The van der Waals surface area contributed by atoms with E-state index in [-0.39, 0.29) is 5.63 Å². The zero-order chi connectivity index (χ0) is 9.54. The summed E-state index contributed by atoms with van der Waals surface area (Å²) < 4.78 is 5.06. The lowest BCUT2D eigenvalue weighted by Crippen LogP contribution is -1.94. The SMILES string of the molecule is O=c1ccc2c3c(ccc2o1)CC=N3. The van der Waals surface area contributed by atoms with Crippen molar-refractivity contribution < 1.29 is 4.42 Å². The van der Waals surface area contributed by atoms with Crippen molar-refractivity contribution in [3.63, 3.8) is 0 Å². The van der Waals surface area contributed by atoms with Gasteiger partial charge in [0.1, 0.15) is 5.58 Å². The second-order valence-electron chi connectivity index (χ2n) is 3.26. The second-order valence-corrected chi connectivity index (χ2v) is 3.26. The zero-order valence-electron chi connectivity index (χ0n) is 7.36. The molecule has 0 amide bonds. The van der Waals surface area contributed by atoms with Crippen LogP contribution in [0.25, 0.3) is 11.0 Å². The van der Waals surface area contributed by atoms with Crippen LogP contribution in [0.5, 0.6) is 0 Å². The van der Waals surface area contributed by atoms with E-state index in [1.165, 1.54) is 11.6 Å². The molecular formula is C11H7NO2. The zero-order valence-corrected chi connectivity index (χ0v) is 7.36. The Balaban J connectivity index is 2.50. The van der Waals surface area contributed by atoms with Gasteiger partial charge in [-0.1, -0.05) is 6.07 Å². The number of fused-ring (bicyclic) bond motifs is 3. The van der Waals surface area contributed by atoms with Gasteiger partial charge in [0.05, 0.1) is 5.69 Å². The van der Waals surface area contributed by atoms with Crippen LogP contribution in [-0.2, 0) is 6.42 Å². The number of hydrogen-bond donors (Lipinski definition) is 0. The molecule has 0 unspecified atom stereocenters. The van der Waals surface area contributed by atoms with E-state index in [4.69, 9.17) is 4.42 Å². The predicted octanol–water partition coefficient (Wildman–Crippen LogP) is 2.05. The van der Waals surface area contributed by atoms with E-state index >= 15 is 0 Å². The highest BCUT2D eigenvalue weighted by Gasteiger charge is 2.11.